The number of phenolic OH excluding ortho intramolecular Hbond substituents is 1. The molecular formula is C58H73N13O18S2. The van der Waals surface area contributed by atoms with Crippen molar-refractivity contribution >= 4 is 70.7 Å². The van der Waals surface area contributed by atoms with Crippen LogP contribution in [0, 0.1) is 5.92 Å². The molecule has 6 heterocycles. The van der Waals surface area contributed by atoms with Gasteiger partial charge in [-0.3, -0.25) is 33.6 Å². The lowest BCUT2D eigenvalue weighted by atomic mass is 9.98. The number of aromatic nitrogens is 4. The summed E-state index contributed by atoms with van der Waals surface area (Å²) in [5, 5.41) is 117. The van der Waals surface area contributed by atoms with Crippen LogP contribution in [0.4, 0.5) is 5.69 Å². The van der Waals surface area contributed by atoms with Gasteiger partial charge >= 0.3 is 0 Å². The minimum Gasteiger partial charge on any atom is -0.504 e. The summed E-state index contributed by atoms with van der Waals surface area (Å²) < 4.78 is 11.1. The van der Waals surface area contributed by atoms with Gasteiger partial charge in [0.1, 0.15) is 41.3 Å². The summed E-state index contributed by atoms with van der Waals surface area (Å²) in [5.41, 5.74) is 9.26. The van der Waals surface area contributed by atoms with Gasteiger partial charge in [-0.05, 0) is 93.2 Å². The van der Waals surface area contributed by atoms with E-state index in [2.05, 4.69) is 68.3 Å². The molecule has 0 unspecified atom stereocenters. The number of hydrogen-bond acceptors (Lipinski definition) is 25. The minimum atomic E-state index is -2.11. The molecule has 2 aromatic heterocycles. The molecule has 5 aromatic rings. The number of aromatic hydroxyl groups is 1. The summed E-state index contributed by atoms with van der Waals surface area (Å²) in [7, 11) is 0. The monoisotopic (exact) mass is 1300 g/mol. The number of aliphatic hydroxyl groups excluding tert-OH is 6. The number of fused-ring (bicyclic) bond motifs is 2. The smallest absolute Gasteiger partial charge is 0.261 e. The van der Waals surface area contributed by atoms with E-state index < -0.39 is 158 Å². The fourth-order valence-corrected chi connectivity index (χ4v) is 12.5. The highest BCUT2D eigenvalue weighted by atomic mass is 32.2. The molecule has 31 nitrogen and oxygen atoms in total. The summed E-state index contributed by atoms with van der Waals surface area (Å²) >= 11 is 1.36. The molecule has 0 aliphatic carbocycles. The quantitative estimate of drug-likeness (QED) is 0.0216. The number of rotatable bonds is 17. The van der Waals surface area contributed by atoms with Crippen LogP contribution in [0.5, 0.6) is 11.5 Å². The molecule has 4 fully saturated rings. The van der Waals surface area contributed by atoms with Gasteiger partial charge in [0.25, 0.3) is 18.2 Å². The van der Waals surface area contributed by atoms with Crippen molar-refractivity contribution in [2.75, 3.05) is 44.2 Å². The molecule has 91 heavy (non-hydrogen) atoms. The number of nitrogens with zero attached hydrogens (tertiary/aromatic N) is 7. The first kappa shape index (κ1) is 67.5. The lowest BCUT2D eigenvalue weighted by Gasteiger charge is -2.34. The number of nitrogens with two attached hydrogens (primary N) is 1. The third-order valence-corrected chi connectivity index (χ3v) is 17.7. The van der Waals surface area contributed by atoms with Gasteiger partial charge in [-0.2, -0.15) is 5.10 Å². The Morgan fingerprint density at radius 2 is 1.45 bits per heavy atom. The van der Waals surface area contributed by atoms with Crippen molar-refractivity contribution in [1.29, 1.82) is 0 Å². The fraction of sp³-hybridized carbons (Fsp3) is 0.483. The standard InChI is InChI=1S/C58H73N13O18S2/c1-29-26-70-48(49(29)78)54(83)60-25-37(73)22-39(62-50(79)32-7-9-33(10-8-32)55-66-67-56(90-55)34-24-61-71(27-34)36-13-11-35(12-14-36)68-18-4-3-5-19-68)51(80)63-45(30(2)72)57(84)69-28-38(74)23-40(69)52(81)64-46(53(82)65-47(58(70)85)42(76)16-17-59)43(77)20-31-6-15-41(75)44(21-31)87-91-89-88-86/h6-15,21,24,27,29-30,37-40,42-43,45-49,72-78,86H,3-5,16-20,22-23,25-26,28,59H2,1-2H3,(H,60,83)(H,62,79)(H,63,80)(H,64,81)(H,65,82)/t29-,30+,37+,38+,39+,40+,42-,43-,45+,46+,47+,48+,49+/m1/s1. The van der Waals surface area contributed by atoms with Crippen molar-refractivity contribution in [1.82, 2.24) is 56.4 Å². The molecule has 15 N–H and O–H groups in total. The van der Waals surface area contributed by atoms with Crippen LogP contribution in [0.2, 0.25) is 0 Å². The molecule has 7 amide bonds. The van der Waals surface area contributed by atoms with Gasteiger partial charge in [0.05, 0.1) is 54.1 Å². The molecule has 0 spiro atoms. The second-order valence-electron chi connectivity index (χ2n) is 22.9. The molecule has 0 bridgehead atoms. The first-order valence-corrected chi connectivity index (χ1v) is 31.0. The van der Waals surface area contributed by atoms with E-state index in [1.807, 2.05) is 18.3 Å². The van der Waals surface area contributed by atoms with Crippen molar-refractivity contribution < 1.29 is 88.1 Å². The van der Waals surface area contributed by atoms with E-state index >= 15 is 0 Å². The topological polar surface area (TPSA) is 449 Å². The van der Waals surface area contributed by atoms with E-state index in [-0.39, 0.29) is 48.7 Å². The van der Waals surface area contributed by atoms with Crippen molar-refractivity contribution in [3.05, 3.63) is 90.3 Å². The number of nitrogens with one attached hydrogen (secondary N) is 5. The SMILES string of the molecule is C[C@H](O)[C@@H]1NC(=O)[C@@H](NC(=O)c2ccc(-c3nnc(-c4cnn(-c5ccc(N6CCCCC6)cc5)c4)s3)cc2)C[C@H](O)CNC(=O)[C@@H]2[C@@H](O)[C@H](C)CN2C(=O)[C@H]([C@H](O)CCN)NC(=O)[C@H]([C@H](O)Cc2ccc(O)c(OSOOO)c2)NC(=O)[C@@H]2C[C@H](O)CN2C1=O. The molecule has 33 heteroatoms. The third kappa shape index (κ3) is 16.2. The van der Waals surface area contributed by atoms with Crippen LogP contribution < -0.4 is 41.4 Å². The number of hydrogen-bond donors (Lipinski definition) is 14. The average Bonchev–Trinajstić information content (AvgIpc) is 1.95. The predicted molar refractivity (Wildman–Crippen MR) is 324 cm³/mol. The van der Waals surface area contributed by atoms with Gasteiger partial charge < -0.3 is 86.9 Å². The van der Waals surface area contributed by atoms with E-state index in [1.165, 1.54) is 48.9 Å². The number of amides is 7. The van der Waals surface area contributed by atoms with E-state index in [4.69, 9.17) is 15.2 Å². The molecule has 4 aliphatic rings. The van der Waals surface area contributed by atoms with E-state index in [0.717, 1.165) is 65.7 Å². The first-order chi connectivity index (χ1) is 43.6. The number of carbonyl (C=O) groups is 7. The van der Waals surface area contributed by atoms with E-state index in [0.29, 0.717) is 15.6 Å². The Morgan fingerprint density at radius 1 is 0.780 bits per heavy atom. The molecule has 9 rings (SSSR count). The van der Waals surface area contributed by atoms with Crippen LogP contribution in [0.25, 0.3) is 26.8 Å². The molecule has 4 saturated heterocycles. The summed E-state index contributed by atoms with van der Waals surface area (Å²) in [4.78, 5) is 105. The number of carbonyl (C=O) groups excluding carboxylic acids is 7. The number of phenols is 1. The Bertz CT molecular complexity index is 3370. The van der Waals surface area contributed by atoms with Gasteiger partial charge in [0.2, 0.25) is 35.4 Å². The van der Waals surface area contributed by atoms with Crippen molar-refractivity contribution in [3.8, 4) is 38.3 Å². The van der Waals surface area contributed by atoms with Gasteiger partial charge in [0.15, 0.2) is 16.5 Å². The van der Waals surface area contributed by atoms with E-state index in [1.54, 1.807) is 23.0 Å². The largest absolute Gasteiger partial charge is 0.504 e. The Kier molecular flexibility index (Phi) is 22.6. The molecule has 0 saturated carbocycles. The normalized spacial score (nSPS) is 25.9. The van der Waals surface area contributed by atoms with E-state index in [9.17, 15) is 69.3 Å². The zero-order valence-corrected chi connectivity index (χ0v) is 51.0. The Balaban J connectivity index is 0.973. The van der Waals surface area contributed by atoms with Crippen LogP contribution in [-0.4, -0.2) is 224 Å². The Morgan fingerprint density at radius 3 is 2.14 bits per heavy atom. The summed E-state index contributed by atoms with van der Waals surface area (Å²) in [6.07, 6.45) is -5.15. The summed E-state index contributed by atoms with van der Waals surface area (Å²) in [5.74, 6) is -9.34. The lowest BCUT2D eigenvalue weighted by molar-refractivity contribution is -0.433. The Hall–Kier alpha value is -7.93. The number of aliphatic hydroxyl groups is 6. The average molecular weight is 1300 g/mol. The zero-order chi connectivity index (χ0) is 65.2. The van der Waals surface area contributed by atoms with Gasteiger partial charge in [-0.1, -0.05) is 45.8 Å². The number of anilines is 1. The van der Waals surface area contributed by atoms with Gasteiger partial charge in [0, 0.05) is 80.9 Å². The maximum atomic E-state index is 14.7. The van der Waals surface area contributed by atoms with Crippen molar-refractivity contribution in [2.45, 2.75) is 132 Å². The number of piperidine rings is 1. The van der Waals surface area contributed by atoms with Crippen molar-refractivity contribution in [2.24, 2.45) is 11.7 Å². The van der Waals surface area contributed by atoms with Crippen LogP contribution in [0.15, 0.2) is 79.1 Å². The number of benzene rings is 3. The number of β-amino-alcohol motifs (C(OH)–C–C–N with tert-alkyl or cyclic N) is 1. The zero-order valence-electron chi connectivity index (χ0n) is 49.4. The predicted octanol–water partition coefficient (Wildman–Crippen LogP) is -1.59. The van der Waals surface area contributed by atoms with Gasteiger partial charge in [-0.15, -0.1) is 10.2 Å². The molecular weight excluding hydrogens is 1230 g/mol. The third-order valence-electron chi connectivity index (χ3n) is 16.3. The lowest BCUT2D eigenvalue weighted by Crippen LogP contribution is -2.64. The highest BCUT2D eigenvalue weighted by molar-refractivity contribution is 7.90. The van der Waals surface area contributed by atoms with Crippen molar-refractivity contribution in [3.63, 3.8) is 0 Å². The summed E-state index contributed by atoms with van der Waals surface area (Å²) in [6, 6.07) is 6.72. The molecule has 4 aliphatic heterocycles. The van der Waals surface area contributed by atoms with Crippen LogP contribution >= 0.6 is 23.7 Å². The van der Waals surface area contributed by atoms with Gasteiger partial charge in [-0.25, -0.2) is 9.94 Å². The molecule has 0 radical (unpaired) electrons. The second kappa shape index (κ2) is 30.5. The highest BCUT2D eigenvalue weighted by Crippen LogP contribution is 2.33. The molecule has 490 valence electrons. The molecule has 3 aromatic carbocycles. The van der Waals surface area contributed by atoms with Crippen LogP contribution in [0.1, 0.15) is 68.3 Å². The van der Waals surface area contributed by atoms with Crippen LogP contribution in [-0.2, 0) is 44.6 Å². The Labute approximate surface area is 529 Å². The maximum Gasteiger partial charge on any atom is 0.261 e. The first-order valence-electron chi connectivity index (χ1n) is 29.5. The molecule has 13 atom stereocenters. The highest BCUT2D eigenvalue weighted by Gasteiger charge is 2.50. The summed E-state index contributed by atoms with van der Waals surface area (Å²) in [6.45, 7) is 2.90. The minimum absolute atomic E-state index is 0.0169. The fourth-order valence-electron chi connectivity index (χ4n) is 11.4. The second-order valence-corrected chi connectivity index (χ2v) is 24.3. The maximum absolute atomic E-state index is 14.7. The van der Waals surface area contributed by atoms with Crippen LogP contribution in [0.3, 0.4) is 0 Å².